The highest BCUT2D eigenvalue weighted by Crippen LogP contribution is 2.12. The average Bonchev–Trinajstić information content (AvgIpc) is 2.66. The van der Waals surface area contributed by atoms with Crippen molar-refractivity contribution in [3.05, 3.63) is 11.9 Å². The lowest BCUT2D eigenvalue weighted by Crippen LogP contribution is -2.19. The van der Waals surface area contributed by atoms with E-state index in [0.717, 1.165) is 6.42 Å². The van der Waals surface area contributed by atoms with Gasteiger partial charge in [-0.05, 0) is 13.3 Å². The Morgan fingerprint density at radius 3 is 3.00 bits per heavy atom. The molecule has 0 radical (unpaired) electrons. The largest absolute Gasteiger partial charge is 0.464 e. The first kappa shape index (κ1) is 11.6. The number of ether oxygens (including phenoxy) is 1. The molecule has 1 unspecified atom stereocenters. The number of aromatic nitrogens is 3. The molecular formula is C9H15N3O3. The third-order valence-electron chi connectivity index (χ3n) is 1.87. The summed E-state index contributed by atoms with van der Waals surface area (Å²) in [5, 5.41) is 17.1. The number of hydrogen-bond acceptors (Lipinski definition) is 5. The summed E-state index contributed by atoms with van der Waals surface area (Å²) in [5.74, 6) is -0.669. The Morgan fingerprint density at radius 1 is 1.67 bits per heavy atom. The minimum atomic E-state index is -1.30. The lowest BCUT2D eigenvalue weighted by atomic mass is 10.2. The Hall–Kier alpha value is -1.43. The molecule has 1 aromatic rings. The Morgan fingerprint density at radius 2 is 2.40 bits per heavy atom. The van der Waals surface area contributed by atoms with Crippen LogP contribution in [0.15, 0.2) is 6.20 Å². The van der Waals surface area contributed by atoms with Gasteiger partial charge in [0.1, 0.15) is 0 Å². The number of nitrogens with zero attached hydrogens (tertiary/aromatic N) is 3. The molecule has 6 nitrogen and oxygen atoms in total. The zero-order valence-corrected chi connectivity index (χ0v) is 8.88. The Labute approximate surface area is 87.9 Å². The van der Waals surface area contributed by atoms with Gasteiger partial charge in [0, 0.05) is 6.54 Å². The van der Waals surface area contributed by atoms with E-state index in [9.17, 15) is 9.90 Å². The van der Waals surface area contributed by atoms with Gasteiger partial charge in [-0.2, -0.15) is 0 Å². The lowest BCUT2D eigenvalue weighted by molar-refractivity contribution is -0.153. The van der Waals surface area contributed by atoms with Crippen molar-refractivity contribution in [2.75, 3.05) is 6.61 Å². The highest BCUT2D eigenvalue weighted by atomic mass is 16.5. The molecule has 6 heteroatoms. The molecule has 0 aromatic carbocycles. The van der Waals surface area contributed by atoms with Gasteiger partial charge in [-0.15, -0.1) is 5.10 Å². The van der Waals surface area contributed by atoms with E-state index in [1.54, 1.807) is 6.92 Å². The van der Waals surface area contributed by atoms with Crippen LogP contribution in [0.3, 0.4) is 0 Å². The highest BCUT2D eigenvalue weighted by Gasteiger charge is 2.22. The van der Waals surface area contributed by atoms with Crippen LogP contribution in [0, 0.1) is 0 Å². The van der Waals surface area contributed by atoms with Crippen molar-refractivity contribution in [1.82, 2.24) is 15.0 Å². The fourth-order valence-electron chi connectivity index (χ4n) is 1.20. The molecule has 1 heterocycles. The number of rotatable bonds is 5. The van der Waals surface area contributed by atoms with E-state index in [1.807, 2.05) is 6.92 Å². The van der Waals surface area contributed by atoms with Gasteiger partial charge in [0.05, 0.1) is 18.5 Å². The van der Waals surface area contributed by atoms with E-state index >= 15 is 0 Å². The van der Waals surface area contributed by atoms with Crippen molar-refractivity contribution in [3.63, 3.8) is 0 Å². The minimum Gasteiger partial charge on any atom is -0.464 e. The Bertz CT molecular complexity index is 324. The number of aryl methyl sites for hydroxylation is 1. The maximum atomic E-state index is 11.3. The summed E-state index contributed by atoms with van der Waals surface area (Å²) in [6, 6.07) is 0. The van der Waals surface area contributed by atoms with Gasteiger partial charge < -0.3 is 9.84 Å². The van der Waals surface area contributed by atoms with E-state index in [4.69, 9.17) is 4.74 Å². The fraction of sp³-hybridized carbons (Fsp3) is 0.667. The predicted octanol–water partition coefficient (Wildman–Crippen LogP) is 0.285. The standard InChI is InChI=1S/C9H15N3O3/c1-3-5-12-7(6-10-11-12)8(13)9(14)15-4-2/h6,8,13H,3-5H2,1-2H3. The van der Waals surface area contributed by atoms with Gasteiger partial charge in [-0.25, -0.2) is 9.48 Å². The van der Waals surface area contributed by atoms with Crippen LogP contribution in [0.4, 0.5) is 0 Å². The smallest absolute Gasteiger partial charge is 0.341 e. The summed E-state index contributed by atoms with van der Waals surface area (Å²) < 4.78 is 6.20. The molecule has 1 aromatic heterocycles. The van der Waals surface area contributed by atoms with E-state index in [2.05, 4.69) is 10.3 Å². The molecular weight excluding hydrogens is 198 g/mol. The molecule has 0 saturated carbocycles. The van der Waals surface area contributed by atoms with Crippen molar-refractivity contribution >= 4 is 5.97 Å². The number of hydrogen-bond donors (Lipinski definition) is 1. The lowest BCUT2D eigenvalue weighted by Gasteiger charge is -2.10. The Kier molecular flexibility index (Phi) is 4.23. The third kappa shape index (κ3) is 2.76. The number of aliphatic hydroxyl groups is 1. The van der Waals surface area contributed by atoms with Gasteiger partial charge in [-0.1, -0.05) is 12.1 Å². The average molecular weight is 213 g/mol. The van der Waals surface area contributed by atoms with Crippen molar-refractivity contribution in [3.8, 4) is 0 Å². The summed E-state index contributed by atoms with van der Waals surface area (Å²) in [6.07, 6.45) is 0.926. The second-order valence-corrected chi connectivity index (χ2v) is 3.04. The van der Waals surface area contributed by atoms with Crippen molar-refractivity contribution < 1.29 is 14.6 Å². The van der Waals surface area contributed by atoms with E-state index in [1.165, 1.54) is 10.9 Å². The summed E-state index contributed by atoms with van der Waals surface area (Å²) in [6.45, 7) is 4.52. The highest BCUT2D eigenvalue weighted by molar-refractivity contribution is 5.75. The van der Waals surface area contributed by atoms with Crippen molar-refractivity contribution in [2.24, 2.45) is 0 Å². The van der Waals surface area contributed by atoms with Crippen molar-refractivity contribution in [2.45, 2.75) is 32.9 Å². The zero-order chi connectivity index (χ0) is 11.3. The first-order valence-corrected chi connectivity index (χ1v) is 4.93. The van der Waals surface area contributed by atoms with Crippen LogP contribution < -0.4 is 0 Å². The maximum Gasteiger partial charge on any atom is 0.341 e. The molecule has 0 aliphatic heterocycles. The SMILES string of the molecule is CCCn1nncc1C(O)C(=O)OCC. The molecule has 0 saturated heterocycles. The second-order valence-electron chi connectivity index (χ2n) is 3.04. The number of aliphatic hydroxyl groups excluding tert-OH is 1. The zero-order valence-electron chi connectivity index (χ0n) is 8.88. The van der Waals surface area contributed by atoms with Gasteiger partial charge >= 0.3 is 5.97 Å². The van der Waals surface area contributed by atoms with Crippen LogP contribution in [-0.2, 0) is 16.1 Å². The van der Waals surface area contributed by atoms with Crippen LogP contribution in [0.2, 0.25) is 0 Å². The first-order valence-electron chi connectivity index (χ1n) is 4.93. The molecule has 0 spiro atoms. The molecule has 0 aliphatic carbocycles. The van der Waals surface area contributed by atoms with Crippen molar-refractivity contribution in [1.29, 1.82) is 0 Å². The maximum absolute atomic E-state index is 11.3. The molecule has 0 aliphatic rings. The molecule has 0 bridgehead atoms. The summed E-state index contributed by atoms with van der Waals surface area (Å²) in [5.41, 5.74) is 0.371. The minimum absolute atomic E-state index is 0.241. The third-order valence-corrected chi connectivity index (χ3v) is 1.87. The number of esters is 1. The van der Waals surface area contributed by atoms with E-state index in [-0.39, 0.29) is 6.61 Å². The molecule has 0 fully saturated rings. The van der Waals surface area contributed by atoms with E-state index < -0.39 is 12.1 Å². The van der Waals surface area contributed by atoms with Crippen LogP contribution in [-0.4, -0.2) is 32.7 Å². The van der Waals surface area contributed by atoms with Crippen LogP contribution in [0.5, 0.6) is 0 Å². The van der Waals surface area contributed by atoms with Gasteiger partial charge in [0.15, 0.2) is 6.10 Å². The summed E-state index contributed by atoms with van der Waals surface area (Å²) in [7, 11) is 0. The predicted molar refractivity (Wildman–Crippen MR) is 51.9 cm³/mol. The quantitative estimate of drug-likeness (QED) is 0.711. The molecule has 1 atom stereocenters. The first-order chi connectivity index (χ1) is 7.20. The summed E-state index contributed by atoms with van der Waals surface area (Å²) >= 11 is 0. The van der Waals surface area contributed by atoms with Crippen LogP contribution in [0.25, 0.3) is 0 Å². The monoisotopic (exact) mass is 213 g/mol. The number of carbonyl (C=O) groups is 1. The fourth-order valence-corrected chi connectivity index (χ4v) is 1.20. The van der Waals surface area contributed by atoms with Gasteiger partial charge in [0.2, 0.25) is 0 Å². The van der Waals surface area contributed by atoms with E-state index in [0.29, 0.717) is 12.2 Å². The molecule has 84 valence electrons. The number of carbonyl (C=O) groups excluding carboxylic acids is 1. The topological polar surface area (TPSA) is 77.2 Å². The molecule has 15 heavy (non-hydrogen) atoms. The summed E-state index contributed by atoms with van der Waals surface area (Å²) in [4.78, 5) is 11.3. The Balaban J connectivity index is 2.76. The molecule has 1 rings (SSSR count). The van der Waals surface area contributed by atoms with Crippen LogP contribution >= 0.6 is 0 Å². The molecule has 0 amide bonds. The second kappa shape index (κ2) is 5.45. The molecule has 1 N–H and O–H groups in total. The normalized spacial score (nSPS) is 12.5. The van der Waals surface area contributed by atoms with Crippen LogP contribution in [0.1, 0.15) is 32.1 Å². The van der Waals surface area contributed by atoms with Gasteiger partial charge in [-0.3, -0.25) is 0 Å². The van der Waals surface area contributed by atoms with Gasteiger partial charge in [0.25, 0.3) is 0 Å².